The van der Waals surface area contributed by atoms with Gasteiger partial charge >= 0.3 is 5.69 Å². The Labute approximate surface area is 104 Å². The Hall–Kier alpha value is -1.63. The van der Waals surface area contributed by atoms with Crippen LogP contribution in [0.2, 0.25) is 0 Å². The van der Waals surface area contributed by atoms with Crippen molar-refractivity contribution < 1.29 is 0 Å². The molecule has 1 aromatic heterocycles. The molecule has 0 saturated carbocycles. The molecule has 0 bridgehead atoms. The van der Waals surface area contributed by atoms with Gasteiger partial charge in [0, 0.05) is 39.8 Å². The minimum absolute atomic E-state index is 0.300. The minimum atomic E-state index is -0.385. The molecular weight excluding hydrogens is 234 g/mol. The number of aromatic nitrogens is 3. The molecule has 2 fully saturated rings. The molecule has 0 aliphatic carbocycles. The summed E-state index contributed by atoms with van der Waals surface area (Å²) >= 11 is 0. The standard InChI is InChI=1S/C11H17N5O2/c1-14-10(17)9(13-15(2)11(14)18)16-4-3-7-5-12-6-8(7)16/h7-8,12H,3-6H2,1-2H3/t7-,8+/m1/s1. The van der Waals surface area contributed by atoms with Gasteiger partial charge in [0.05, 0.1) is 0 Å². The van der Waals surface area contributed by atoms with E-state index in [1.807, 2.05) is 4.90 Å². The van der Waals surface area contributed by atoms with Crippen LogP contribution in [0.25, 0.3) is 0 Å². The van der Waals surface area contributed by atoms with E-state index in [0.29, 0.717) is 17.8 Å². The van der Waals surface area contributed by atoms with Crippen LogP contribution < -0.4 is 21.5 Å². The van der Waals surface area contributed by atoms with Gasteiger partial charge in [-0.2, -0.15) is 0 Å². The van der Waals surface area contributed by atoms with Crippen molar-refractivity contribution in [1.82, 2.24) is 19.7 Å². The van der Waals surface area contributed by atoms with Crippen LogP contribution in [-0.4, -0.2) is 40.0 Å². The predicted molar refractivity (Wildman–Crippen MR) is 66.8 cm³/mol. The molecule has 0 aromatic carbocycles. The van der Waals surface area contributed by atoms with Gasteiger partial charge < -0.3 is 10.2 Å². The molecule has 0 amide bonds. The summed E-state index contributed by atoms with van der Waals surface area (Å²) in [6, 6.07) is 0.336. The van der Waals surface area contributed by atoms with Crippen molar-refractivity contribution in [2.24, 2.45) is 20.0 Å². The highest BCUT2D eigenvalue weighted by atomic mass is 16.2. The van der Waals surface area contributed by atoms with Gasteiger partial charge in [0.15, 0.2) is 0 Å². The minimum Gasteiger partial charge on any atom is -0.346 e. The summed E-state index contributed by atoms with van der Waals surface area (Å²) in [6.07, 6.45) is 1.07. The molecule has 0 radical (unpaired) electrons. The molecule has 2 aliphatic heterocycles. The fourth-order valence-electron chi connectivity index (χ4n) is 2.97. The third kappa shape index (κ3) is 1.50. The molecule has 2 saturated heterocycles. The van der Waals surface area contributed by atoms with Crippen molar-refractivity contribution in [3.63, 3.8) is 0 Å². The SMILES string of the molecule is Cn1nc(N2CC[C@@H]3CNC[C@@H]32)c(=O)n(C)c1=O. The number of nitrogens with zero attached hydrogens (tertiary/aromatic N) is 4. The average Bonchev–Trinajstić information content (AvgIpc) is 2.94. The van der Waals surface area contributed by atoms with E-state index in [1.165, 1.54) is 11.7 Å². The fourth-order valence-corrected chi connectivity index (χ4v) is 2.97. The van der Waals surface area contributed by atoms with E-state index < -0.39 is 0 Å². The lowest BCUT2D eigenvalue weighted by Gasteiger charge is -2.24. The first kappa shape index (κ1) is 11.5. The Bertz CT molecular complexity index is 590. The highest BCUT2D eigenvalue weighted by Gasteiger charge is 2.39. The van der Waals surface area contributed by atoms with E-state index in [4.69, 9.17) is 0 Å². The Morgan fingerprint density at radius 3 is 2.83 bits per heavy atom. The maximum Gasteiger partial charge on any atom is 0.346 e. The Kier molecular flexibility index (Phi) is 2.51. The third-order valence-corrected chi connectivity index (χ3v) is 4.02. The van der Waals surface area contributed by atoms with E-state index in [0.717, 1.165) is 30.6 Å². The van der Waals surface area contributed by atoms with Crippen LogP contribution in [-0.2, 0) is 14.1 Å². The van der Waals surface area contributed by atoms with Gasteiger partial charge in [-0.1, -0.05) is 0 Å². The zero-order valence-corrected chi connectivity index (χ0v) is 10.6. The predicted octanol–water partition coefficient (Wildman–Crippen LogP) is -1.72. The molecule has 7 nitrogen and oxygen atoms in total. The van der Waals surface area contributed by atoms with Crippen LogP contribution in [0.4, 0.5) is 5.82 Å². The van der Waals surface area contributed by atoms with Crippen LogP contribution >= 0.6 is 0 Å². The van der Waals surface area contributed by atoms with Gasteiger partial charge in [0.1, 0.15) is 0 Å². The summed E-state index contributed by atoms with van der Waals surface area (Å²) in [5, 5.41) is 7.48. The maximum atomic E-state index is 12.1. The summed E-state index contributed by atoms with van der Waals surface area (Å²) in [4.78, 5) is 25.8. The molecule has 2 aliphatic rings. The first-order valence-corrected chi connectivity index (χ1v) is 6.21. The first-order valence-electron chi connectivity index (χ1n) is 6.21. The molecule has 0 unspecified atom stereocenters. The molecule has 2 atom stereocenters. The number of anilines is 1. The zero-order valence-electron chi connectivity index (χ0n) is 10.6. The van der Waals surface area contributed by atoms with Crippen LogP contribution in [0.5, 0.6) is 0 Å². The summed E-state index contributed by atoms with van der Waals surface area (Å²) in [7, 11) is 3.07. The average molecular weight is 251 g/mol. The van der Waals surface area contributed by atoms with Crippen molar-refractivity contribution in [3.05, 3.63) is 20.8 Å². The number of fused-ring (bicyclic) bond motifs is 1. The first-order chi connectivity index (χ1) is 8.59. The van der Waals surface area contributed by atoms with Crippen molar-refractivity contribution >= 4 is 5.82 Å². The lowest BCUT2D eigenvalue weighted by Crippen LogP contribution is -2.45. The Morgan fingerprint density at radius 2 is 2.06 bits per heavy atom. The highest BCUT2D eigenvalue weighted by Crippen LogP contribution is 2.28. The van der Waals surface area contributed by atoms with Gasteiger partial charge in [-0.15, -0.1) is 5.10 Å². The largest absolute Gasteiger partial charge is 0.346 e. The quantitative estimate of drug-likeness (QED) is 0.642. The molecule has 3 rings (SSSR count). The molecule has 18 heavy (non-hydrogen) atoms. The number of hydrogen-bond donors (Lipinski definition) is 1. The lowest BCUT2D eigenvalue weighted by atomic mass is 10.1. The van der Waals surface area contributed by atoms with Gasteiger partial charge in [-0.3, -0.25) is 9.36 Å². The molecule has 0 spiro atoms. The molecule has 1 N–H and O–H groups in total. The van der Waals surface area contributed by atoms with Crippen LogP contribution in [0, 0.1) is 5.92 Å². The van der Waals surface area contributed by atoms with Crippen LogP contribution in [0.1, 0.15) is 6.42 Å². The number of aryl methyl sites for hydroxylation is 1. The summed E-state index contributed by atoms with van der Waals surface area (Å²) in [6.45, 7) is 2.74. The maximum absolute atomic E-state index is 12.1. The molecule has 3 heterocycles. The zero-order chi connectivity index (χ0) is 12.9. The van der Waals surface area contributed by atoms with Crippen molar-refractivity contribution in [2.75, 3.05) is 24.5 Å². The molecular formula is C11H17N5O2. The highest BCUT2D eigenvalue weighted by molar-refractivity contribution is 5.39. The Balaban J connectivity index is 2.08. The van der Waals surface area contributed by atoms with Gasteiger partial charge in [0.2, 0.25) is 5.82 Å². The summed E-state index contributed by atoms with van der Waals surface area (Å²) < 4.78 is 2.35. The van der Waals surface area contributed by atoms with E-state index in [2.05, 4.69) is 10.4 Å². The molecule has 1 aromatic rings. The number of nitrogens with one attached hydrogen (secondary N) is 1. The monoisotopic (exact) mass is 251 g/mol. The topological polar surface area (TPSA) is 72.2 Å². The third-order valence-electron chi connectivity index (χ3n) is 4.02. The normalized spacial score (nSPS) is 26.7. The molecule has 98 valence electrons. The van der Waals surface area contributed by atoms with Crippen molar-refractivity contribution in [1.29, 1.82) is 0 Å². The number of hydrogen-bond acceptors (Lipinski definition) is 5. The Morgan fingerprint density at radius 1 is 1.28 bits per heavy atom. The van der Waals surface area contributed by atoms with Gasteiger partial charge in [0.25, 0.3) is 5.56 Å². The smallest absolute Gasteiger partial charge is 0.346 e. The summed E-state index contributed by atoms with van der Waals surface area (Å²) in [5.74, 6) is 0.990. The van der Waals surface area contributed by atoms with Crippen LogP contribution in [0.3, 0.4) is 0 Å². The van der Waals surface area contributed by atoms with Crippen molar-refractivity contribution in [2.45, 2.75) is 12.5 Å². The van der Waals surface area contributed by atoms with E-state index in [1.54, 1.807) is 7.05 Å². The second-order valence-corrected chi connectivity index (χ2v) is 5.06. The second kappa shape index (κ2) is 3.94. The fraction of sp³-hybridized carbons (Fsp3) is 0.727. The van der Waals surface area contributed by atoms with E-state index in [9.17, 15) is 9.59 Å². The van der Waals surface area contributed by atoms with Crippen LogP contribution in [0.15, 0.2) is 9.59 Å². The van der Waals surface area contributed by atoms with Crippen molar-refractivity contribution in [3.8, 4) is 0 Å². The van der Waals surface area contributed by atoms with E-state index in [-0.39, 0.29) is 11.2 Å². The summed E-state index contributed by atoms with van der Waals surface area (Å²) in [5.41, 5.74) is -0.685. The van der Waals surface area contributed by atoms with E-state index >= 15 is 0 Å². The number of rotatable bonds is 1. The lowest BCUT2D eigenvalue weighted by molar-refractivity contribution is 0.558. The molecule has 7 heteroatoms. The van der Waals surface area contributed by atoms with Gasteiger partial charge in [-0.25, -0.2) is 9.48 Å². The second-order valence-electron chi connectivity index (χ2n) is 5.06. The van der Waals surface area contributed by atoms with Gasteiger partial charge in [-0.05, 0) is 12.3 Å².